The van der Waals surface area contributed by atoms with Crippen LogP contribution in [0.25, 0.3) is 22.6 Å². The molecule has 7 nitrogen and oxygen atoms in total. The highest BCUT2D eigenvalue weighted by atomic mass is 19.4. The van der Waals surface area contributed by atoms with E-state index in [1.807, 2.05) is 0 Å². The summed E-state index contributed by atoms with van der Waals surface area (Å²) in [6.45, 7) is 0.120. The van der Waals surface area contributed by atoms with Crippen LogP contribution in [0.1, 0.15) is 22.7 Å². The first-order chi connectivity index (χ1) is 17.7. The van der Waals surface area contributed by atoms with Crippen LogP contribution in [0.3, 0.4) is 0 Å². The number of fused-ring (bicyclic) bond motifs is 1. The second kappa shape index (κ2) is 9.42. The van der Waals surface area contributed by atoms with Gasteiger partial charge in [-0.3, -0.25) is 5.01 Å². The number of imidazole rings is 1. The van der Waals surface area contributed by atoms with E-state index in [2.05, 4.69) is 26.1 Å². The molecular formula is C25H16F5N5O2. The maximum Gasteiger partial charge on any atom is 0.417 e. The highest BCUT2D eigenvalue weighted by molar-refractivity contribution is 5.80. The van der Waals surface area contributed by atoms with Crippen LogP contribution in [0.5, 0.6) is 5.75 Å². The van der Waals surface area contributed by atoms with Gasteiger partial charge in [-0.2, -0.15) is 18.3 Å². The van der Waals surface area contributed by atoms with Crippen LogP contribution in [0.2, 0.25) is 0 Å². The van der Waals surface area contributed by atoms with Crippen molar-refractivity contribution in [2.75, 3.05) is 6.61 Å². The molecule has 0 atom stereocenters. The molecule has 2 aromatic carbocycles. The largest absolute Gasteiger partial charge is 0.481 e. The van der Waals surface area contributed by atoms with Gasteiger partial charge in [0.15, 0.2) is 17.4 Å². The van der Waals surface area contributed by atoms with Crippen LogP contribution in [-0.4, -0.2) is 33.0 Å². The van der Waals surface area contributed by atoms with Gasteiger partial charge < -0.3 is 14.2 Å². The molecule has 0 amide bonds. The van der Waals surface area contributed by atoms with Gasteiger partial charge in [-0.25, -0.2) is 13.8 Å². The molecule has 2 aromatic heterocycles. The molecule has 5 rings (SSSR count). The minimum atomic E-state index is -4.67. The predicted octanol–water partition coefficient (Wildman–Crippen LogP) is 5.39. The molecule has 0 fully saturated rings. The Morgan fingerprint density at radius 1 is 1.14 bits per heavy atom. The van der Waals surface area contributed by atoms with Crippen molar-refractivity contribution in [3.63, 3.8) is 0 Å². The summed E-state index contributed by atoms with van der Waals surface area (Å²) >= 11 is 0. The third kappa shape index (κ3) is 4.88. The van der Waals surface area contributed by atoms with Crippen molar-refractivity contribution in [1.82, 2.24) is 20.1 Å². The lowest BCUT2D eigenvalue weighted by Gasteiger charge is -2.19. The Morgan fingerprint density at radius 2 is 1.97 bits per heavy atom. The Labute approximate surface area is 206 Å². The van der Waals surface area contributed by atoms with E-state index in [1.165, 1.54) is 36.5 Å². The van der Waals surface area contributed by atoms with E-state index in [0.717, 1.165) is 12.1 Å². The highest BCUT2D eigenvalue weighted by Crippen LogP contribution is 2.39. The summed E-state index contributed by atoms with van der Waals surface area (Å²) in [6.07, 6.45) is 1.86. The van der Waals surface area contributed by atoms with Gasteiger partial charge in [0.05, 0.1) is 36.1 Å². The van der Waals surface area contributed by atoms with Crippen LogP contribution in [0.15, 0.2) is 52.1 Å². The van der Waals surface area contributed by atoms with Crippen molar-refractivity contribution in [3.05, 3.63) is 76.8 Å². The molecule has 37 heavy (non-hydrogen) atoms. The topological polar surface area (TPSA) is 79.5 Å². The minimum Gasteiger partial charge on any atom is -0.481 e. The standard InChI is InChI=1S/C25H16F5N5O2/c1-2-8-36-14-6-7-16(18(9-14)25(28,29)30)20-10-15(37-34-20)12-35-13-22-21(11-31-35)32-24(33-22)17-4-3-5-19(26)23(17)27/h1,3-7,9-11H,8,12-13H2,(H,32,33). The first-order valence-corrected chi connectivity index (χ1v) is 10.8. The lowest BCUT2D eigenvalue weighted by Crippen LogP contribution is -2.21. The molecule has 0 saturated heterocycles. The highest BCUT2D eigenvalue weighted by Gasteiger charge is 2.35. The van der Waals surface area contributed by atoms with Gasteiger partial charge in [0.25, 0.3) is 0 Å². The van der Waals surface area contributed by atoms with Crippen molar-refractivity contribution in [3.8, 4) is 40.7 Å². The van der Waals surface area contributed by atoms with Crippen molar-refractivity contribution < 1.29 is 31.2 Å². The number of terminal acetylenes is 1. The van der Waals surface area contributed by atoms with Crippen molar-refractivity contribution in [2.24, 2.45) is 5.10 Å². The summed E-state index contributed by atoms with van der Waals surface area (Å²) in [5.74, 6) is 0.564. The molecule has 12 heteroatoms. The number of aromatic nitrogens is 3. The summed E-state index contributed by atoms with van der Waals surface area (Å²) in [4.78, 5) is 7.23. The summed E-state index contributed by atoms with van der Waals surface area (Å²) in [7, 11) is 0. The van der Waals surface area contributed by atoms with E-state index in [4.69, 9.17) is 15.7 Å². The Kier molecular flexibility index (Phi) is 6.12. The SMILES string of the molecule is C#CCOc1ccc(-c2cc(CN3Cc4[nH]c(-c5cccc(F)c5F)nc4C=N3)on2)c(C(F)(F)F)c1. The van der Waals surface area contributed by atoms with Gasteiger partial charge >= 0.3 is 6.18 Å². The molecule has 0 saturated carbocycles. The normalized spacial score (nSPS) is 12.9. The van der Waals surface area contributed by atoms with Crippen LogP contribution < -0.4 is 4.74 Å². The third-order valence-electron chi connectivity index (χ3n) is 5.49. The Balaban J connectivity index is 1.34. The molecule has 1 aliphatic heterocycles. The Morgan fingerprint density at radius 3 is 2.76 bits per heavy atom. The van der Waals surface area contributed by atoms with Gasteiger partial charge in [0.1, 0.15) is 29.6 Å². The third-order valence-corrected chi connectivity index (χ3v) is 5.49. The van der Waals surface area contributed by atoms with Gasteiger partial charge in [-0.1, -0.05) is 17.1 Å². The average Bonchev–Trinajstić information content (AvgIpc) is 3.50. The quantitative estimate of drug-likeness (QED) is 0.276. The summed E-state index contributed by atoms with van der Waals surface area (Å²) in [5.41, 5.74) is -0.124. The first kappa shape index (κ1) is 24.1. The summed E-state index contributed by atoms with van der Waals surface area (Å²) in [6, 6.07) is 8.63. The van der Waals surface area contributed by atoms with E-state index in [0.29, 0.717) is 11.4 Å². The van der Waals surface area contributed by atoms with Crippen LogP contribution in [-0.2, 0) is 19.3 Å². The minimum absolute atomic E-state index is 0.0158. The molecule has 0 unspecified atom stereocenters. The van der Waals surface area contributed by atoms with Gasteiger partial charge in [0.2, 0.25) is 0 Å². The lowest BCUT2D eigenvalue weighted by molar-refractivity contribution is -0.137. The number of hydrogen-bond acceptors (Lipinski definition) is 6. The number of rotatable bonds is 6. The number of halogens is 5. The number of nitrogens with one attached hydrogen (secondary N) is 1. The van der Waals surface area contributed by atoms with Gasteiger partial charge in [0, 0.05) is 11.6 Å². The number of hydrogen-bond donors (Lipinski definition) is 1. The smallest absolute Gasteiger partial charge is 0.417 e. The fourth-order valence-electron chi connectivity index (χ4n) is 3.81. The van der Waals surface area contributed by atoms with E-state index < -0.39 is 23.4 Å². The summed E-state index contributed by atoms with van der Waals surface area (Å²) < 4.78 is 79.2. The zero-order valence-corrected chi connectivity index (χ0v) is 18.8. The predicted molar refractivity (Wildman–Crippen MR) is 122 cm³/mol. The zero-order chi connectivity index (χ0) is 26.2. The monoisotopic (exact) mass is 513 g/mol. The maximum atomic E-state index is 14.2. The zero-order valence-electron chi connectivity index (χ0n) is 18.8. The van der Waals surface area contributed by atoms with Crippen molar-refractivity contribution in [1.29, 1.82) is 0 Å². The second-order valence-electron chi connectivity index (χ2n) is 7.99. The molecule has 0 spiro atoms. The molecular weight excluding hydrogens is 497 g/mol. The number of ether oxygens (including phenoxy) is 1. The summed E-state index contributed by atoms with van der Waals surface area (Å²) in [5, 5.41) is 9.60. The molecule has 4 aromatic rings. The van der Waals surface area contributed by atoms with E-state index >= 15 is 0 Å². The second-order valence-corrected chi connectivity index (χ2v) is 7.99. The van der Waals surface area contributed by atoms with Crippen LogP contribution in [0.4, 0.5) is 22.0 Å². The van der Waals surface area contributed by atoms with E-state index in [9.17, 15) is 22.0 Å². The maximum absolute atomic E-state index is 14.2. The lowest BCUT2D eigenvalue weighted by atomic mass is 10.0. The molecule has 188 valence electrons. The molecule has 1 aliphatic rings. The molecule has 0 radical (unpaired) electrons. The molecule has 3 heterocycles. The number of alkyl halides is 3. The van der Waals surface area contributed by atoms with Crippen molar-refractivity contribution >= 4 is 6.21 Å². The van der Waals surface area contributed by atoms with Crippen molar-refractivity contribution in [2.45, 2.75) is 19.3 Å². The van der Waals surface area contributed by atoms with Crippen LogP contribution in [0, 0.1) is 24.0 Å². The van der Waals surface area contributed by atoms with Crippen LogP contribution >= 0.6 is 0 Å². The number of benzene rings is 2. The number of hydrazone groups is 1. The molecule has 0 bridgehead atoms. The van der Waals surface area contributed by atoms with E-state index in [-0.39, 0.29) is 53.9 Å². The fraction of sp³-hybridized carbons (Fsp3) is 0.160. The fourth-order valence-corrected chi connectivity index (χ4v) is 3.81. The average molecular weight is 513 g/mol. The number of aromatic amines is 1. The van der Waals surface area contributed by atoms with Gasteiger partial charge in [-0.05, 0) is 30.3 Å². The number of nitrogens with zero attached hydrogens (tertiary/aromatic N) is 4. The Hall–Kier alpha value is -4.66. The van der Waals surface area contributed by atoms with E-state index in [1.54, 1.807) is 5.01 Å². The number of H-pyrrole nitrogens is 1. The van der Waals surface area contributed by atoms with Gasteiger partial charge in [-0.15, -0.1) is 6.42 Å². The Bertz CT molecular complexity index is 1530. The first-order valence-electron chi connectivity index (χ1n) is 10.8. The molecule has 1 N–H and O–H groups in total. The molecule has 0 aliphatic carbocycles.